The van der Waals surface area contributed by atoms with Crippen LogP contribution in [0.1, 0.15) is 187 Å². The molecular formula is C50H92N2O6P+. The number of quaternary nitrogens is 1. The van der Waals surface area contributed by atoms with Crippen LogP contribution >= 0.6 is 7.82 Å². The first-order valence-corrected chi connectivity index (χ1v) is 25.3. The molecule has 0 aliphatic rings. The Morgan fingerprint density at radius 1 is 0.593 bits per heavy atom. The summed E-state index contributed by atoms with van der Waals surface area (Å²) in [5.41, 5.74) is 0. The van der Waals surface area contributed by atoms with Gasteiger partial charge in [-0.15, -0.1) is 0 Å². The first-order valence-electron chi connectivity index (χ1n) is 23.8. The maximum Gasteiger partial charge on any atom is 0.472 e. The van der Waals surface area contributed by atoms with E-state index in [1.165, 1.54) is 103 Å². The molecule has 9 heteroatoms. The van der Waals surface area contributed by atoms with Crippen LogP contribution < -0.4 is 5.32 Å². The van der Waals surface area contributed by atoms with Gasteiger partial charge in [0.15, 0.2) is 0 Å². The lowest BCUT2D eigenvalue weighted by atomic mass is 10.0. The normalized spacial score (nSPS) is 14.9. The summed E-state index contributed by atoms with van der Waals surface area (Å²) in [6, 6.07) is -0.862. The summed E-state index contributed by atoms with van der Waals surface area (Å²) in [6.07, 6.45) is 55.8. The molecule has 0 rings (SSSR count). The fourth-order valence-electron chi connectivity index (χ4n) is 6.39. The van der Waals surface area contributed by atoms with E-state index in [0.29, 0.717) is 17.4 Å². The standard InChI is InChI=1S/C50H91N2O6P/c1-6-8-10-12-14-16-17-18-19-20-21-22-23-24-25-26-27-28-29-30-31-32-33-34-35-36-38-40-42-44-50(54)51-48(47-58-59(55,56)57-46-45-52(3,4)5)49(53)43-41-39-37-15-13-11-9-7-2/h8,10,13-16,18-19,21-22,41,43,48-49,53H,6-7,9,11-12,17,20,23-40,42,44-47H2,1-5H3,(H-,51,54,55,56)/p+1/b10-8-,15-13+,16-14-,19-18-,22-21-,43-41+. The second-order valence-electron chi connectivity index (χ2n) is 17.1. The number of nitrogens with one attached hydrogen (secondary N) is 1. The number of hydrogen-bond donors (Lipinski definition) is 3. The smallest absolute Gasteiger partial charge is 0.387 e. The summed E-state index contributed by atoms with van der Waals surface area (Å²) in [7, 11) is 1.54. The van der Waals surface area contributed by atoms with Crippen molar-refractivity contribution in [3.63, 3.8) is 0 Å². The summed E-state index contributed by atoms with van der Waals surface area (Å²) in [4.78, 5) is 23.0. The van der Waals surface area contributed by atoms with Crippen LogP contribution in [-0.4, -0.2) is 73.4 Å². The van der Waals surface area contributed by atoms with Crippen molar-refractivity contribution in [2.45, 2.75) is 199 Å². The van der Waals surface area contributed by atoms with E-state index in [1.54, 1.807) is 6.08 Å². The van der Waals surface area contributed by atoms with Crippen LogP contribution in [-0.2, 0) is 18.4 Å². The number of nitrogens with zero attached hydrogens (tertiary/aromatic N) is 1. The fourth-order valence-corrected chi connectivity index (χ4v) is 7.12. The average Bonchev–Trinajstić information content (AvgIpc) is 3.19. The highest BCUT2D eigenvalue weighted by Crippen LogP contribution is 2.43. The lowest BCUT2D eigenvalue weighted by molar-refractivity contribution is -0.870. The van der Waals surface area contributed by atoms with Gasteiger partial charge in [0.2, 0.25) is 5.91 Å². The summed E-state index contributed by atoms with van der Waals surface area (Å²) < 4.78 is 23.5. The zero-order valence-corrected chi connectivity index (χ0v) is 39.6. The van der Waals surface area contributed by atoms with Crippen LogP contribution in [0, 0.1) is 0 Å². The van der Waals surface area contributed by atoms with Crippen LogP contribution in [0.5, 0.6) is 0 Å². The van der Waals surface area contributed by atoms with Crippen LogP contribution in [0.2, 0.25) is 0 Å². The Kier molecular flexibility index (Phi) is 39.9. The van der Waals surface area contributed by atoms with Gasteiger partial charge in [-0.2, -0.15) is 0 Å². The minimum absolute atomic E-state index is 0.0537. The molecule has 342 valence electrons. The number of unbranched alkanes of at least 4 members (excludes halogenated alkanes) is 19. The first-order chi connectivity index (χ1) is 28.5. The quantitative estimate of drug-likeness (QED) is 0.0245. The lowest BCUT2D eigenvalue weighted by Crippen LogP contribution is -2.45. The van der Waals surface area contributed by atoms with Crippen molar-refractivity contribution in [1.29, 1.82) is 0 Å². The molecule has 3 atom stereocenters. The molecule has 0 aliphatic carbocycles. The number of aliphatic hydroxyl groups is 1. The van der Waals surface area contributed by atoms with Gasteiger partial charge in [-0.05, 0) is 64.2 Å². The molecule has 1 amide bonds. The van der Waals surface area contributed by atoms with E-state index < -0.39 is 20.0 Å². The number of amides is 1. The predicted molar refractivity (Wildman–Crippen MR) is 253 cm³/mol. The zero-order valence-electron chi connectivity index (χ0n) is 38.7. The largest absolute Gasteiger partial charge is 0.472 e. The Labute approximate surface area is 364 Å². The lowest BCUT2D eigenvalue weighted by Gasteiger charge is -2.25. The average molecular weight is 848 g/mol. The SMILES string of the molecule is CC/C=C\C/C=C\C/C=C\C/C=C\CCCCCCCCCCCCCCCCCCC(=O)NC(COP(=O)(O)OCC[N+](C)(C)C)C(O)/C=C/CC/C=C/CCCC. The molecule has 0 fully saturated rings. The number of carbonyl (C=O) groups excluding carboxylic acids is 1. The molecule has 0 bridgehead atoms. The van der Waals surface area contributed by atoms with Crippen LogP contribution in [0.4, 0.5) is 0 Å². The Morgan fingerprint density at radius 3 is 1.56 bits per heavy atom. The minimum Gasteiger partial charge on any atom is -0.387 e. The molecule has 3 unspecified atom stereocenters. The Bertz CT molecular complexity index is 1190. The van der Waals surface area contributed by atoms with Crippen molar-refractivity contribution in [2.24, 2.45) is 0 Å². The number of phosphoric acid groups is 1. The molecule has 8 nitrogen and oxygen atoms in total. The molecule has 59 heavy (non-hydrogen) atoms. The van der Waals surface area contributed by atoms with E-state index in [0.717, 1.165) is 64.2 Å². The van der Waals surface area contributed by atoms with Crippen molar-refractivity contribution >= 4 is 13.7 Å². The predicted octanol–water partition coefficient (Wildman–Crippen LogP) is 13.6. The van der Waals surface area contributed by atoms with E-state index in [2.05, 4.69) is 79.9 Å². The monoisotopic (exact) mass is 848 g/mol. The van der Waals surface area contributed by atoms with E-state index in [-0.39, 0.29) is 19.1 Å². The van der Waals surface area contributed by atoms with Gasteiger partial charge in [-0.25, -0.2) is 4.57 Å². The topological polar surface area (TPSA) is 105 Å². The molecule has 0 radical (unpaired) electrons. The van der Waals surface area contributed by atoms with Crippen molar-refractivity contribution < 1.29 is 32.9 Å². The number of likely N-dealkylation sites (N-methyl/N-ethyl adjacent to an activating group) is 1. The number of rotatable bonds is 42. The molecule has 0 aromatic rings. The number of aliphatic hydroxyl groups excluding tert-OH is 1. The Hall–Kier alpha value is -2.06. The maximum absolute atomic E-state index is 12.8. The van der Waals surface area contributed by atoms with Crippen molar-refractivity contribution in [3.8, 4) is 0 Å². The number of carbonyl (C=O) groups is 1. The van der Waals surface area contributed by atoms with Gasteiger partial charge in [0.1, 0.15) is 13.2 Å². The number of phosphoric ester groups is 1. The third-order valence-electron chi connectivity index (χ3n) is 10.2. The highest BCUT2D eigenvalue weighted by molar-refractivity contribution is 7.47. The molecule has 0 aliphatic heterocycles. The second kappa shape index (κ2) is 41.3. The molecule has 0 saturated carbocycles. The molecule has 0 spiro atoms. The highest BCUT2D eigenvalue weighted by atomic mass is 31.2. The van der Waals surface area contributed by atoms with Gasteiger partial charge in [0.05, 0.1) is 39.9 Å². The minimum atomic E-state index is -4.34. The van der Waals surface area contributed by atoms with Gasteiger partial charge in [-0.3, -0.25) is 13.8 Å². The highest BCUT2D eigenvalue weighted by Gasteiger charge is 2.27. The summed E-state index contributed by atoms with van der Waals surface area (Å²) in [5, 5.41) is 13.7. The van der Waals surface area contributed by atoms with Crippen LogP contribution in [0.3, 0.4) is 0 Å². The van der Waals surface area contributed by atoms with Crippen molar-refractivity contribution in [3.05, 3.63) is 72.9 Å². The summed E-state index contributed by atoms with van der Waals surface area (Å²) in [5.74, 6) is -0.193. The third-order valence-corrected chi connectivity index (χ3v) is 11.1. The molecular weight excluding hydrogens is 756 g/mol. The van der Waals surface area contributed by atoms with Gasteiger partial charge in [0, 0.05) is 6.42 Å². The van der Waals surface area contributed by atoms with Crippen LogP contribution in [0.15, 0.2) is 72.9 Å². The summed E-state index contributed by atoms with van der Waals surface area (Å²) >= 11 is 0. The van der Waals surface area contributed by atoms with Gasteiger partial charge in [-0.1, -0.05) is 189 Å². The molecule has 0 aromatic heterocycles. The first kappa shape index (κ1) is 56.9. The van der Waals surface area contributed by atoms with Crippen LogP contribution in [0.25, 0.3) is 0 Å². The van der Waals surface area contributed by atoms with Gasteiger partial charge < -0.3 is 19.8 Å². The number of allylic oxidation sites excluding steroid dienone is 11. The Morgan fingerprint density at radius 2 is 1.03 bits per heavy atom. The number of hydrogen-bond acceptors (Lipinski definition) is 5. The molecule has 3 N–H and O–H groups in total. The van der Waals surface area contributed by atoms with E-state index >= 15 is 0 Å². The molecule has 0 aromatic carbocycles. The van der Waals surface area contributed by atoms with Crippen molar-refractivity contribution in [1.82, 2.24) is 5.32 Å². The Balaban J connectivity index is 4.05. The van der Waals surface area contributed by atoms with E-state index in [9.17, 15) is 19.4 Å². The maximum atomic E-state index is 12.8. The van der Waals surface area contributed by atoms with Crippen molar-refractivity contribution in [2.75, 3.05) is 40.9 Å². The zero-order chi connectivity index (χ0) is 43.6. The van der Waals surface area contributed by atoms with E-state index in [4.69, 9.17) is 9.05 Å². The summed E-state index contributed by atoms with van der Waals surface area (Å²) in [6.45, 7) is 4.59. The third kappa shape index (κ3) is 43.8. The molecule has 0 heterocycles. The second-order valence-corrected chi connectivity index (χ2v) is 18.5. The molecule has 0 saturated heterocycles. The van der Waals surface area contributed by atoms with E-state index in [1.807, 2.05) is 27.2 Å². The fraction of sp³-hybridized carbons (Fsp3) is 0.740. The van der Waals surface area contributed by atoms with Gasteiger partial charge >= 0.3 is 7.82 Å². The van der Waals surface area contributed by atoms with Gasteiger partial charge in [0.25, 0.3) is 0 Å².